The van der Waals surface area contributed by atoms with Gasteiger partial charge in [-0.2, -0.15) is 0 Å². The Bertz CT molecular complexity index is 220. The fourth-order valence-corrected chi connectivity index (χ4v) is 4.85. The van der Waals surface area contributed by atoms with Gasteiger partial charge in [0, 0.05) is 0 Å². The van der Waals surface area contributed by atoms with Crippen molar-refractivity contribution < 1.29 is 0 Å². The molecule has 1 spiro atoms. The molecule has 0 N–H and O–H groups in total. The average Bonchev–Trinajstić information content (AvgIpc) is 2.45. The standard InChI is InChI=1S/C13H22/c1-12-6-3-8-13(10-12)7-2-4-11(13)5-9-12/h11H,2-10H2,1H3/t11-,12-,13-/m1/s1. The van der Waals surface area contributed by atoms with Crippen LogP contribution < -0.4 is 0 Å². The van der Waals surface area contributed by atoms with Gasteiger partial charge in [-0.05, 0) is 61.7 Å². The van der Waals surface area contributed by atoms with Crippen LogP contribution in [0.3, 0.4) is 0 Å². The van der Waals surface area contributed by atoms with E-state index in [0.29, 0.717) is 0 Å². The maximum Gasteiger partial charge on any atom is -0.0264 e. The second-order valence-corrected chi connectivity index (χ2v) is 6.33. The quantitative estimate of drug-likeness (QED) is 0.523. The molecule has 0 nitrogen and oxygen atoms in total. The van der Waals surface area contributed by atoms with Crippen LogP contribution in [0.2, 0.25) is 0 Å². The highest BCUT2D eigenvalue weighted by Gasteiger charge is 2.52. The molecule has 3 aliphatic rings. The topological polar surface area (TPSA) is 0 Å². The van der Waals surface area contributed by atoms with Gasteiger partial charge in [-0.15, -0.1) is 0 Å². The molecule has 0 amide bonds. The first kappa shape index (κ1) is 8.32. The molecule has 0 unspecified atom stereocenters. The first-order valence-corrected chi connectivity index (χ1v) is 6.23. The van der Waals surface area contributed by atoms with Gasteiger partial charge in [0.1, 0.15) is 0 Å². The molecular weight excluding hydrogens is 156 g/mol. The molecule has 13 heavy (non-hydrogen) atoms. The van der Waals surface area contributed by atoms with Crippen LogP contribution in [0.15, 0.2) is 0 Å². The lowest BCUT2D eigenvalue weighted by Crippen LogP contribution is -2.42. The third kappa shape index (κ3) is 1.10. The fourth-order valence-electron chi connectivity index (χ4n) is 4.85. The van der Waals surface area contributed by atoms with Crippen molar-refractivity contribution in [2.45, 2.75) is 64.7 Å². The van der Waals surface area contributed by atoms with Crippen molar-refractivity contribution in [3.8, 4) is 0 Å². The Morgan fingerprint density at radius 2 is 1.77 bits per heavy atom. The van der Waals surface area contributed by atoms with Gasteiger partial charge in [0.15, 0.2) is 0 Å². The zero-order valence-corrected chi connectivity index (χ0v) is 8.94. The molecule has 3 atom stereocenters. The highest BCUT2D eigenvalue weighted by molar-refractivity contribution is 5.03. The van der Waals surface area contributed by atoms with Crippen LogP contribution in [-0.2, 0) is 0 Å². The van der Waals surface area contributed by atoms with Crippen molar-refractivity contribution in [3.63, 3.8) is 0 Å². The monoisotopic (exact) mass is 178 g/mol. The summed E-state index contributed by atoms with van der Waals surface area (Å²) in [5.41, 5.74) is 1.62. The van der Waals surface area contributed by atoms with Crippen LogP contribution in [0.4, 0.5) is 0 Å². The summed E-state index contributed by atoms with van der Waals surface area (Å²) in [6.07, 6.45) is 14.0. The minimum atomic E-state index is 0.763. The van der Waals surface area contributed by atoms with Crippen molar-refractivity contribution in [1.82, 2.24) is 0 Å². The maximum atomic E-state index is 2.56. The molecule has 0 aliphatic heterocycles. The SMILES string of the molecule is C[C@@]12CCC[C@]3(CCC[C@@H]3CC1)C2. The van der Waals surface area contributed by atoms with E-state index >= 15 is 0 Å². The predicted molar refractivity (Wildman–Crippen MR) is 55.6 cm³/mol. The van der Waals surface area contributed by atoms with E-state index in [1.165, 1.54) is 12.8 Å². The Labute approximate surface area is 82.1 Å². The largest absolute Gasteiger partial charge is 0.0596 e. The molecular formula is C13H22. The average molecular weight is 178 g/mol. The van der Waals surface area contributed by atoms with E-state index in [1.807, 2.05) is 0 Å². The van der Waals surface area contributed by atoms with Gasteiger partial charge in [0.25, 0.3) is 0 Å². The van der Waals surface area contributed by atoms with Crippen molar-refractivity contribution in [3.05, 3.63) is 0 Å². The molecule has 0 saturated heterocycles. The fraction of sp³-hybridized carbons (Fsp3) is 1.00. The van der Waals surface area contributed by atoms with Crippen molar-refractivity contribution >= 4 is 0 Å². The summed E-state index contributed by atoms with van der Waals surface area (Å²) in [4.78, 5) is 0. The second kappa shape index (κ2) is 2.52. The third-order valence-corrected chi connectivity index (χ3v) is 5.42. The Morgan fingerprint density at radius 1 is 0.923 bits per heavy atom. The van der Waals surface area contributed by atoms with Crippen LogP contribution in [0.25, 0.3) is 0 Å². The lowest BCUT2D eigenvalue weighted by atomic mass is 9.52. The lowest BCUT2D eigenvalue weighted by molar-refractivity contribution is -0.0186. The first-order chi connectivity index (χ1) is 6.23. The van der Waals surface area contributed by atoms with Gasteiger partial charge in [-0.1, -0.05) is 19.8 Å². The first-order valence-electron chi connectivity index (χ1n) is 6.23. The van der Waals surface area contributed by atoms with E-state index in [4.69, 9.17) is 0 Å². The molecule has 3 aliphatic carbocycles. The number of fused-ring (bicyclic) bond motifs is 1. The van der Waals surface area contributed by atoms with Gasteiger partial charge in [0.05, 0.1) is 0 Å². The highest BCUT2D eigenvalue weighted by atomic mass is 14.6. The van der Waals surface area contributed by atoms with E-state index in [-0.39, 0.29) is 0 Å². The number of hydrogen-bond acceptors (Lipinski definition) is 0. The van der Waals surface area contributed by atoms with Gasteiger partial charge in [-0.25, -0.2) is 0 Å². The summed E-state index contributed by atoms with van der Waals surface area (Å²) < 4.78 is 0. The van der Waals surface area contributed by atoms with Crippen molar-refractivity contribution in [1.29, 1.82) is 0 Å². The van der Waals surface area contributed by atoms with Crippen LogP contribution in [-0.4, -0.2) is 0 Å². The molecule has 0 aromatic carbocycles. The molecule has 74 valence electrons. The predicted octanol–water partition coefficient (Wildman–Crippen LogP) is 4.15. The highest BCUT2D eigenvalue weighted by Crippen LogP contribution is 2.63. The summed E-state index contributed by atoms with van der Waals surface area (Å²) in [6, 6.07) is 0. The van der Waals surface area contributed by atoms with Crippen LogP contribution in [0.1, 0.15) is 64.7 Å². The zero-order chi connectivity index (χ0) is 8.94. The van der Waals surface area contributed by atoms with Gasteiger partial charge in [-0.3, -0.25) is 0 Å². The van der Waals surface area contributed by atoms with E-state index in [1.54, 1.807) is 44.9 Å². The Balaban J connectivity index is 1.92. The van der Waals surface area contributed by atoms with E-state index in [2.05, 4.69) is 6.92 Å². The minimum Gasteiger partial charge on any atom is -0.0596 e. The van der Waals surface area contributed by atoms with Crippen molar-refractivity contribution in [2.75, 3.05) is 0 Å². The smallest absolute Gasteiger partial charge is 0.0264 e. The minimum absolute atomic E-state index is 0.763. The molecule has 0 aromatic heterocycles. The van der Waals surface area contributed by atoms with Crippen LogP contribution in [0, 0.1) is 16.7 Å². The Morgan fingerprint density at radius 3 is 2.69 bits per heavy atom. The van der Waals surface area contributed by atoms with E-state index < -0.39 is 0 Å². The number of rotatable bonds is 0. The van der Waals surface area contributed by atoms with Gasteiger partial charge < -0.3 is 0 Å². The third-order valence-electron chi connectivity index (χ3n) is 5.42. The van der Waals surface area contributed by atoms with E-state index in [0.717, 1.165) is 16.7 Å². The van der Waals surface area contributed by atoms with Crippen LogP contribution in [0.5, 0.6) is 0 Å². The summed E-state index contributed by atoms with van der Waals surface area (Å²) in [7, 11) is 0. The van der Waals surface area contributed by atoms with Gasteiger partial charge in [0.2, 0.25) is 0 Å². The van der Waals surface area contributed by atoms with Crippen LogP contribution >= 0.6 is 0 Å². The molecule has 3 fully saturated rings. The molecule has 3 rings (SSSR count). The Kier molecular flexibility index (Phi) is 1.61. The summed E-state index contributed by atoms with van der Waals surface area (Å²) in [5.74, 6) is 1.14. The van der Waals surface area contributed by atoms with E-state index in [9.17, 15) is 0 Å². The summed E-state index contributed by atoms with van der Waals surface area (Å²) in [5, 5.41) is 0. The second-order valence-electron chi connectivity index (χ2n) is 6.33. The van der Waals surface area contributed by atoms with Gasteiger partial charge >= 0.3 is 0 Å². The number of hydrogen-bond donors (Lipinski definition) is 0. The Hall–Kier alpha value is 0. The normalized spacial score (nSPS) is 54.7. The zero-order valence-electron chi connectivity index (χ0n) is 8.94. The molecule has 3 saturated carbocycles. The lowest BCUT2D eigenvalue weighted by Gasteiger charge is -2.53. The summed E-state index contributed by atoms with van der Waals surface area (Å²) in [6.45, 7) is 2.56. The molecule has 0 aromatic rings. The molecule has 2 bridgehead atoms. The van der Waals surface area contributed by atoms with Crippen molar-refractivity contribution in [2.24, 2.45) is 16.7 Å². The molecule has 0 heterocycles. The molecule has 0 radical (unpaired) electrons. The summed E-state index contributed by atoms with van der Waals surface area (Å²) >= 11 is 0. The maximum absolute atomic E-state index is 2.56. The molecule has 0 heteroatoms.